The molecule has 0 atom stereocenters. The molecule has 3 rings (SSSR count). The number of amides is 1. The van der Waals surface area contributed by atoms with Crippen LogP contribution in [0.1, 0.15) is 26.2 Å². The van der Waals surface area contributed by atoms with E-state index in [0.29, 0.717) is 17.3 Å². The van der Waals surface area contributed by atoms with E-state index < -0.39 is 17.4 Å². The number of fused-ring (bicyclic) bond motifs is 1. The summed E-state index contributed by atoms with van der Waals surface area (Å²) in [4.78, 5) is 38.2. The van der Waals surface area contributed by atoms with Crippen LogP contribution in [0.3, 0.4) is 0 Å². The molecule has 0 fully saturated rings. The lowest BCUT2D eigenvalue weighted by molar-refractivity contribution is -0.116. The zero-order valence-electron chi connectivity index (χ0n) is 16.0. The highest BCUT2D eigenvalue weighted by Crippen LogP contribution is 2.19. The predicted octanol–water partition coefficient (Wildman–Crippen LogP) is 3.78. The van der Waals surface area contributed by atoms with Crippen LogP contribution < -0.4 is 16.6 Å². The molecule has 0 saturated heterocycles. The fraction of sp³-hybridized carbons (Fsp3) is 0.286. The van der Waals surface area contributed by atoms with Crippen LogP contribution in [0, 0.1) is 5.82 Å². The molecule has 0 aliphatic heterocycles. The molecule has 8 heteroatoms. The minimum absolute atomic E-state index is 0.0342. The largest absolute Gasteiger partial charge is 0.331 e. The standard InChI is InChI=1S/C21H21ClFN3O3/c1-2-3-6-11-25-20(28)15-7-4-5-8-18(15)26(21(25)29)13-19(27)24-17-10-9-14(22)12-16(17)23/h4-5,7-10,12H,2-3,6,11,13H2,1H3,(H,24,27). The second-order valence-electron chi connectivity index (χ2n) is 6.72. The summed E-state index contributed by atoms with van der Waals surface area (Å²) in [7, 11) is 0. The van der Waals surface area contributed by atoms with E-state index in [0.717, 1.165) is 23.5 Å². The highest BCUT2D eigenvalue weighted by molar-refractivity contribution is 6.30. The van der Waals surface area contributed by atoms with Crippen LogP contribution in [0.5, 0.6) is 0 Å². The number of hydrogen-bond acceptors (Lipinski definition) is 3. The van der Waals surface area contributed by atoms with Crippen LogP contribution in [0.4, 0.5) is 10.1 Å². The Bertz CT molecular complexity index is 1170. The molecule has 0 radical (unpaired) electrons. The van der Waals surface area contributed by atoms with Crippen molar-refractivity contribution >= 4 is 34.1 Å². The quantitative estimate of drug-likeness (QED) is 0.594. The minimum atomic E-state index is -0.674. The Morgan fingerprint density at radius 2 is 1.86 bits per heavy atom. The van der Waals surface area contributed by atoms with E-state index in [1.54, 1.807) is 24.3 Å². The van der Waals surface area contributed by atoms with Crippen molar-refractivity contribution in [2.24, 2.45) is 0 Å². The molecule has 1 heterocycles. The molecule has 1 N–H and O–H groups in total. The summed E-state index contributed by atoms with van der Waals surface area (Å²) in [5, 5.41) is 3.01. The summed E-state index contributed by atoms with van der Waals surface area (Å²) in [6, 6.07) is 10.5. The number of para-hydroxylation sites is 1. The molecule has 3 aromatic rings. The molecule has 0 bridgehead atoms. The number of halogens is 2. The Morgan fingerprint density at radius 1 is 1.10 bits per heavy atom. The number of unbranched alkanes of at least 4 members (excludes halogenated alkanes) is 2. The number of nitrogens with one attached hydrogen (secondary N) is 1. The van der Waals surface area contributed by atoms with Crippen molar-refractivity contribution in [3.05, 3.63) is 74.1 Å². The zero-order chi connectivity index (χ0) is 21.0. The number of anilines is 1. The van der Waals surface area contributed by atoms with Gasteiger partial charge < -0.3 is 5.32 Å². The van der Waals surface area contributed by atoms with Gasteiger partial charge in [0.25, 0.3) is 5.56 Å². The van der Waals surface area contributed by atoms with Gasteiger partial charge in [-0.05, 0) is 36.8 Å². The molecule has 1 aromatic heterocycles. The first-order chi connectivity index (χ1) is 13.9. The lowest BCUT2D eigenvalue weighted by atomic mass is 10.2. The maximum Gasteiger partial charge on any atom is 0.331 e. The number of hydrogen-bond donors (Lipinski definition) is 1. The van der Waals surface area contributed by atoms with Crippen LogP contribution in [-0.2, 0) is 17.9 Å². The van der Waals surface area contributed by atoms with Crippen LogP contribution in [0.2, 0.25) is 5.02 Å². The van der Waals surface area contributed by atoms with Crippen molar-refractivity contribution in [3.8, 4) is 0 Å². The average Bonchev–Trinajstić information content (AvgIpc) is 2.70. The second kappa shape index (κ2) is 9.05. The van der Waals surface area contributed by atoms with E-state index in [1.807, 2.05) is 6.92 Å². The van der Waals surface area contributed by atoms with E-state index in [4.69, 9.17) is 11.6 Å². The second-order valence-corrected chi connectivity index (χ2v) is 7.16. The Hall–Kier alpha value is -2.93. The van der Waals surface area contributed by atoms with Gasteiger partial charge in [0, 0.05) is 11.6 Å². The van der Waals surface area contributed by atoms with Crippen molar-refractivity contribution in [3.63, 3.8) is 0 Å². The van der Waals surface area contributed by atoms with Crippen molar-refractivity contribution in [1.29, 1.82) is 0 Å². The summed E-state index contributed by atoms with van der Waals surface area (Å²) in [6.45, 7) is 1.96. The SMILES string of the molecule is CCCCCn1c(=O)c2ccccc2n(CC(=O)Nc2ccc(Cl)cc2F)c1=O. The minimum Gasteiger partial charge on any atom is -0.322 e. The smallest absolute Gasteiger partial charge is 0.322 e. The van der Waals surface area contributed by atoms with Gasteiger partial charge in [-0.25, -0.2) is 9.18 Å². The first-order valence-electron chi connectivity index (χ1n) is 9.39. The van der Waals surface area contributed by atoms with Gasteiger partial charge in [0.2, 0.25) is 5.91 Å². The lowest BCUT2D eigenvalue weighted by Crippen LogP contribution is -2.41. The number of carbonyl (C=O) groups excluding carboxylic acids is 1. The van der Waals surface area contributed by atoms with Gasteiger partial charge in [0.1, 0.15) is 12.4 Å². The first-order valence-corrected chi connectivity index (χ1v) is 9.77. The molecule has 0 spiro atoms. The van der Waals surface area contributed by atoms with E-state index in [1.165, 1.54) is 16.7 Å². The third-order valence-electron chi connectivity index (χ3n) is 4.62. The third-order valence-corrected chi connectivity index (χ3v) is 4.86. The summed E-state index contributed by atoms with van der Waals surface area (Å²) in [6.07, 6.45) is 2.52. The summed E-state index contributed by atoms with van der Waals surface area (Å²) < 4.78 is 16.4. The Balaban J connectivity index is 1.98. The molecular formula is C21H21ClFN3O3. The van der Waals surface area contributed by atoms with Gasteiger partial charge >= 0.3 is 5.69 Å². The van der Waals surface area contributed by atoms with Gasteiger partial charge in [-0.2, -0.15) is 0 Å². The fourth-order valence-electron chi connectivity index (χ4n) is 3.16. The van der Waals surface area contributed by atoms with Gasteiger partial charge in [-0.1, -0.05) is 43.5 Å². The fourth-order valence-corrected chi connectivity index (χ4v) is 3.32. The lowest BCUT2D eigenvalue weighted by Gasteiger charge is -2.14. The topological polar surface area (TPSA) is 73.1 Å². The average molecular weight is 418 g/mol. The molecule has 6 nitrogen and oxygen atoms in total. The molecular weight excluding hydrogens is 397 g/mol. The summed E-state index contributed by atoms with van der Waals surface area (Å²) >= 11 is 5.72. The summed E-state index contributed by atoms with van der Waals surface area (Å²) in [5.74, 6) is -1.26. The highest BCUT2D eigenvalue weighted by atomic mass is 35.5. The Morgan fingerprint density at radius 3 is 2.59 bits per heavy atom. The van der Waals surface area contributed by atoms with Crippen LogP contribution in [0.15, 0.2) is 52.1 Å². The van der Waals surface area contributed by atoms with Crippen molar-refractivity contribution in [2.45, 2.75) is 39.3 Å². The maximum absolute atomic E-state index is 14.0. The molecule has 2 aromatic carbocycles. The molecule has 1 amide bonds. The van der Waals surface area contributed by atoms with Crippen molar-refractivity contribution < 1.29 is 9.18 Å². The van der Waals surface area contributed by atoms with Gasteiger partial charge in [0.15, 0.2) is 0 Å². The number of nitrogens with zero attached hydrogens (tertiary/aromatic N) is 2. The van der Waals surface area contributed by atoms with E-state index in [2.05, 4.69) is 5.32 Å². The van der Waals surface area contributed by atoms with Gasteiger partial charge in [0.05, 0.1) is 16.6 Å². The van der Waals surface area contributed by atoms with Crippen molar-refractivity contribution in [2.75, 3.05) is 5.32 Å². The van der Waals surface area contributed by atoms with E-state index in [9.17, 15) is 18.8 Å². The highest BCUT2D eigenvalue weighted by Gasteiger charge is 2.16. The van der Waals surface area contributed by atoms with E-state index >= 15 is 0 Å². The Kier molecular flexibility index (Phi) is 6.49. The summed E-state index contributed by atoms with van der Waals surface area (Å²) in [5.41, 5.74) is -0.604. The van der Waals surface area contributed by atoms with Crippen LogP contribution in [-0.4, -0.2) is 15.0 Å². The zero-order valence-corrected chi connectivity index (χ0v) is 16.7. The molecule has 0 aliphatic carbocycles. The monoisotopic (exact) mass is 417 g/mol. The third kappa shape index (κ3) is 4.56. The number of benzene rings is 2. The Labute approximate surface area is 171 Å². The van der Waals surface area contributed by atoms with Crippen LogP contribution >= 0.6 is 11.6 Å². The molecule has 0 aliphatic rings. The van der Waals surface area contributed by atoms with Gasteiger partial charge in [-0.15, -0.1) is 0 Å². The molecule has 29 heavy (non-hydrogen) atoms. The normalized spacial score (nSPS) is 11.0. The number of carbonyl (C=O) groups is 1. The van der Waals surface area contributed by atoms with Crippen molar-refractivity contribution in [1.82, 2.24) is 9.13 Å². The predicted molar refractivity (Wildman–Crippen MR) is 112 cm³/mol. The molecule has 152 valence electrons. The maximum atomic E-state index is 14.0. The first kappa shape index (κ1) is 20.8. The number of aromatic nitrogens is 2. The van der Waals surface area contributed by atoms with E-state index in [-0.39, 0.29) is 29.4 Å². The van der Waals surface area contributed by atoms with Gasteiger partial charge in [-0.3, -0.25) is 18.7 Å². The number of rotatable bonds is 7. The van der Waals surface area contributed by atoms with Crippen LogP contribution in [0.25, 0.3) is 10.9 Å². The molecule has 0 saturated carbocycles. The molecule has 0 unspecified atom stereocenters.